The second-order valence-electron chi connectivity index (χ2n) is 2.95. The molecule has 1 aromatic rings. The van der Waals surface area contributed by atoms with E-state index in [4.69, 9.17) is 27.9 Å². The molecule has 0 aliphatic rings. The summed E-state index contributed by atoms with van der Waals surface area (Å²) < 4.78 is 5.00. The molecule has 0 saturated carbocycles. The highest BCUT2D eigenvalue weighted by Gasteiger charge is 2.12. The number of nitrogens with one attached hydrogen (secondary N) is 1. The van der Waals surface area contributed by atoms with Crippen molar-refractivity contribution < 1.29 is 4.74 Å². The van der Waals surface area contributed by atoms with Crippen LogP contribution in [0.15, 0.2) is 18.2 Å². The molecule has 14 heavy (non-hydrogen) atoms. The Bertz CT molecular complexity index is 306. The molecular formula is C9H14ClN3O. The predicted octanol–water partition coefficient (Wildman–Crippen LogP) is 1.07. The van der Waals surface area contributed by atoms with Gasteiger partial charge in [-0.1, -0.05) is 17.7 Å². The molecule has 1 rings (SSSR count). The predicted molar refractivity (Wildman–Crippen MR) is 57.8 cm³/mol. The lowest BCUT2D eigenvalue weighted by molar-refractivity contribution is 0.167. The zero-order valence-electron chi connectivity index (χ0n) is 7.96. The van der Waals surface area contributed by atoms with Gasteiger partial charge in [0, 0.05) is 17.8 Å². The van der Waals surface area contributed by atoms with Crippen LogP contribution in [0.25, 0.3) is 0 Å². The maximum Gasteiger partial charge on any atom is 0.0713 e. The minimum atomic E-state index is -0.114. The second-order valence-corrected chi connectivity index (χ2v) is 3.38. The molecule has 0 aliphatic heterocycles. The van der Waals surface area contributed by atoms with Crippen LogP contribution >= 0.6 is 11.6 Å². The topological polar surface area (TPSA) is 73.3 Å². The number of hydrogen-bond donors (Lipinski definition) is 3. The Morgan fingerprint density at radius 3 is 2.79 bits per heavy atom. The third kappa shape index (κ3) is 2.59. The fraction of sp³-hybridized carbons (Fsp3) is 0.333. The van der Waals surface area contributed by atoms with E-state index >= 15 is 0 Å². The van der Waals surface area contributed by atoms with Gasteiger partial charge in [0.15, 0.2) is 0 Å². The van der Waals surface area contributed by atoms with E-state index in [1.807, 2.05) is 6.07 Å². The van der Waals surface area contributed by atoms with E-state index in [0.717, 1.165) is 5.56 Å². The number of hydrazine groups is 1. The van der Waals surface area contributed by atoms with Crippen LogP contribution in [-0.4, -0.2) is 13.7 Å². The molecular weight excluding hydrogens is 202 g/mol. The van der Waals surface area contributed by atoms with E-state index in [1.54, 1.807) is 19.2 Å². The van der Waals surface area contributed by atoms with E-state index in [0.29, 0.717) is 17.3 Å². The number of hydrogen-bond acceptors (Lipinski definition) is 4. The van der Waals surface area contributed by atoms with Crippen LogP contribution in [0.2, 0.25) is 5.02 Å². The molecule has 0 fully saturated rings. The lowest BCUT2D eigenvalue weighted by atomic mass is 10.1. The van der Waals surface area contributed by atoms with E-state index < -0.39 is 0 Å². The Hall–Kier alpha value is -0.810. The minimum absolute atomic E-state index is 0.114. The average molecular weight is 216 g/mol. The van der Waals surface area contributed by atoms with Gasteiger partial charge < -0.3 is 10.5 Å². The summed E-state index contributed by atoms with van der Waals surface area (Å²) in [7, 11) is 1.61. The van der Waals surface area contributed by atoms with Crippen LogP contribution in [0.4, 0.5) is 5.69 Å². The van der Waals surface area contributed by atoms with Gasteiger partial charge in [0.25, 0.3) is 0 Å². The number of rotatable bonds is 4. The summed E-state index contributed by atoms with van der Waals surface area (Å²) in [5.74, 6) is 5.38. The number of nitrogen functional groups attached to an aromatic ring is 1. The van der Waals surface area contributed by atoms with Crippen molar-refractivity contribution in [2.45, 2.75) is 6.04 Å². The van der Waals surface area contributed by atoms with Crippen LogP contribution in [0.3, 0.4) is 0 Å². The molecule has 0 aromatic heterocycles. The molecule has 1 aromatic carbocycles. The largest absolute Gasteiger partial charge is 0.398 e. The molecule has 78 valence electrons. The maximum absolute atomic E-state index is 5.79. The summed E-state index contributed by atoms with van der Waals surface area (Å²) >= 11 is 5.78. The second kappa shape index (κ2) is 5.17. The zero-order valence-corrected chi connectivity index (χ0v) is 8.71. The van der Waals surface area contributed by atoms with Crippen molar-refractivity contribution in [1.29, 1.82) is 0 Å². The van der Waals surface area contributed by atoms with Gasteiger partial charge in [0.2, 0.25) is 0 Å². The fourth-order valence-corrected chi connectivity index (χ4v) is 1.44. The van der Waals surface area contributed by atoms with Gasteiger partial charge in [0.05, 0.1) is 12.6 Å². The number of methoxy groups -OCH3 is 1. The molecule has 0 bridgehead atoms. The van der Waals surface area contributed by atoms with Gasteiger partial charge in [0.1, 0.15) is 0 Å². The molecule has 5 N–H and O–H groups in total. The molecule has 0 radical (unpaired) electrons. The molecule has 5 heteroatoms. The molecule has 0 spiro atoms. The SMILES string of the molecule is COCC(NN)c1ccc(Cl)cc1N. The van der Waals surface area contributed by atoms with Crippen molar-refractivity contribution in [1.82, 2.24) is 5.43 Å². The van der Waals surface area contributed by atoms with Crippen molar-refractivity contribution in [2.24, 2.45) is 5.84 Å². The first-order valence-corrected chi connectivity index (χ1v) is 4.56. The molecule has 4 nitrogen and oxygen atoms in total. The van der Waals surface area contributed by atoms with Gasteiger partial charge in [-0.25, -0.2) is 0 Å². The van der Waals surface area contributed by atoms with Gasteiger partial charge in [-0.2, -0.15) is 0 Å². The normalized spacial score (nSPS) is 12.8. The first-order valence-electron chi connectivity index (χ1n) is 4.19. The maximum atomic E-state index is 5.79. The van der Waals surface area contributed by atoms with E-state index in [1.165, 1.54) is 0 Å². The first-order chi connectivity index (χ1) is 6.69. The van der Waals surface area contributed by atoms with Crippen LogP contribution in [0, 0.1) is 0 Å². The Labute approximate surface area is 88.1 Å². The van der Waals surface area contributed by atoms with Crippen molar-refractivity contribution in [3.63, 3.8) is 0 Å². The molecule has 0 heterocycles. The number of anilines is 1. The van der Waals surface area contributed by atoms with Crippen LogP contribution in [0.1, 0.15) is 11.6 Å². The molecule has 0 saturated heterocycles. The van der Waals surface area contributed by atoms with E-state index in [9.17, 15) is 0 Å². The number of benzene rings is 1. The summed E-state index contributed by atoms with van der Waals surface area (Å²) in [6.45, 7) is 0.461. The highest BCUT2D eigenvalue weighted by Crippen LogP contribution is 2.23. The lowest BCUT2D eigenvalue weighted by Gasteiger charge is -2.17. The van der Waals surface area contributed by atoms with E-state index in [-0.39, 0.29) is 6.04 Å². The lowest BCUT2D eigenvalue weighted by Crippen LogP contribution is -2.31. The Morgan fingerprint density at radius 1 is 1.57 bits per heavy atom. The van der Waals surface area contributed by atoms with Gasteiger partial charge >= 0.3 is 0 Å². The fourth-order valence-electron chi connectivity index (χ4n) is 1.26. The Morgan fingerprint density at radius 2 is 2.29 bits per heavy atom. The minimum Gasteiger partial charge on any atom is -0.398 e. The van der Waals surface area contributed by atoms with Crippen LogP contribution in [-0.2, 0) is 4.74 Å². The standard InChI is InChI=1S/C9H14ClN3O/c1-14-5-9(13-12)7-3-2-6(10)4-8(7)11/h2-4,9,13H,5,11-12H2,1H3. The van der Waals surface area contributed by atoms with Crippen LogP contribution < -0.4 is 17.0 Å². The number of halogens is 1. The highest BCUT2D eigenvalue weighted by atomic mass is 35.5. The molecule has 1 atom stereocenters. The smallest absolute Gasteiger partial charge is 0.0713 e. The monoisotopic (exact) mass is 215 g/mol. The number of ether oxygens (including phenoxy) is 1. The zero-order chi connectivity index (χ0) is 10.6. The van der Waals surface area contributed by atoms with Crippen molar-refractivity contribution in [2.75, 3.05) is 19.5 Å². The summed E-state index contributed by atoms with van der Waals surface area (Å²) in [6, 6.07) is 5.18. The van der Waals surface area contributed by atoms with Crippen molar-refractivity contribution >= 4 is 17.3 Å². The van der Waals surface area contributed by atoms with E-state index in [2.05, 4.69) is 5.43 Å². The summed E-state index contributed by atoms with van der Waals surface area (Å²) in [5.41, 5.74) is 9.92. The first kappa shape index (κ1) is 11.3. The van der Waals surface area contributed by atoms with Crippen LogP contribution in [0.5, 0.6) is 0 Å². The third-order valence-electron chi connectivity index (χ3n) is 1.96. The summed E-state index contributed by atoms with van der Waals surface area (Å²) in [4.78, 5) is 0. The number of nitrogens with two attached hydrogens (primary N) is 2. The third-order valence-corrected chi connectivity index (χ3v) is 2.19. The van der Waals surface area contributed by atoms with Gasteiger partial charge in [-0.05, 0) is 17.7 Å². The van der Waals surface area contributed by atoms with Crippen molar-refractivity contribution in [3.8, 4) is 0 Å². The molecule has 0 amide bonds. The molecule has 0 aliphatic carbocycles. The summed E-state index contributed by atoms with van der Waals surface area (Å²) in [6.07, 6.45) is 0. The van der Waals surface area contributed by atoms with Gasteiger partial charge in [-0.3, -0.25) is 11.3 Å². The quantitative estimate of drug-likeness (QED) is 0.399. The van der Waals surface area contributed by atoms with Crippen molar-refractivity contribution in [3.05, 3.63) is 28.8 Å². The Balaban J connectivity index is 2.92. The molecule has 1 unspecified atom stereocenters. The highest BCUT2D eigenvalue weighted by molar-refractivity contribution is 6.30. The average Bonchev–Trinajstić information content (AvgIpc) is 2.15. The van der Waals surface area contributed by atoms with Gasteiger partial charge in [-0.15, -0.1) is 0 Å². The Kier molecular flexibility index (Phi) is 4.16. The summed E-state index contributed by atoms with van der Waals surface area (Å²) in [5, 5.41) is 0.611.